The monoisotopic (exact) mass is 281 g/mol. The van der Waals surface area contributed by atoms with Gasteiger partial charge in [-0.1, -0.05) is 12.1 Å². The van der Waals surface area contributed by atoms with Gasteiger partial charge in [-0.2, -0.15) is 0 Å². The normalized spacial score (nSPS) is 13.8. The van der Waals surface area contributed by atoms with Gasteiger partial charge in [0.15, 0.2) is 0 Å². The van der Waals surface area contributed by atoms with E-state index in [1.807, 2.05) is 32.0 Å². The Morgan fingerprint density at radius 3 is 2.76 bits per heavy atom. The molecule has 0 spiro atoms. The van der Waals surface area contributed by atoms with E-state index >= 15 is 0 Å². The van der Waals surface area contributed by atoms with Crippen molar-refractivity contribution in [2.45, 2.75) is 32.7 Å². The third-order valence-electron chi connectivity index (χ3n) is 3.82. The Morgan fingerprint density at radius 1 is 1.19 bits per heavy atom. The van der Waals surface area contributed by atoms with E-state index in [0.29, 0.717) is 17.4 Å². The summed E-state index contributed by atoms with van der Waals surface area (Å²) in [6, 6.07) is 9.96. The van der Waals surface area contributed by atoms with Crippen molar-refractivity contribution >= 4 is 17.4 Å². The van der Waals surface area contributed by atoms with Crippen LogP contribution in [-0.4, -0.2) is 16.9 Å². The lowest BCUT2D eigenvalue weighted by molar-refractivity contribution is 0.102. The van der Waals surface area contributed by atoms with E-state index in [1.165, 1.54) is 0 Å². The van der Waals surface area contributed by atoms with Crippen LogP contribution in [-0.2, 0) is 0 Å². The summed E-state index contributed by atoms with van der Waals surface area (Å²) in [5.74, 6) is 0.544. The zero-order valence-electron chi connectivity index (χ0n) is 12.3. The van der Waals surface area contributed by atoms with Gasteiger partial charge in [0, 0.05) is 17.9 Å². The van der Waals surface area contributed by atoms with Gasteiger partial charge in [-0.05, 0) is 56.0 Å². The molecule has 3 rings (SSSR count). The molecule has 1 aromatic carbocycles. The summed E-state index contributed by atoms with van der Waals surface area (Å²) in [4.78, 5) is 16.8. The summed E-state index contributed by atoms with van der Waals surface area (Å²) in [6.07, 6.45) is 4.00. The molecular formula is C17H19N3O. The average molecular weight is 281 g/mol. The lowest BCUT2D eigenvalue weighted by atomic mass is 10.1. The Balaban J connectivity index is 1.83. The predicted octanol–water partition coefficient (Wildman–Crippen LogP) is 3.53. The molecule has 0 radical (unpaired) electrons. The predicted molar refractivity (Wildman–Crippen MR) is 84.8 cm³/mol. The first-order chi connectivity index (χ1) is 10.1. The highest BCUT2D eigenvalue weighted by molar-refractivity contribution is 6.07. The zero-order valence-corrected chi connectivity index (χ0v) is 12.3. The van der Waals surface area contributed by atoms with E-state index in [2.05, 4.69) is 15.6 Å². The van der Waals surface area contributed by atoms with E-state index in [0.717, 1.165) is 29.7 Å². The van der Waals surface area contributed by atoms with Crippen LogP contribution in [0.2, 0.25) is 0 Å². The Kier molecular flexibility index (Phi) is 3.60. The van der Waals surface area contributed by atoms with Gasteiger partial charge in [-0.3, -0.25) is 4.79 Å². The van der Waals surface area contributed by atoms with Gasteiger partial charge in [-0.25, -0.2) is 4.98 Å². The average Bonchev–Trinajstić information content (AvgIpc) is 3.28. The second kappa shape index (κ2) is 5.56. The SMILES string of the molecule is Cc1cccc(NC(=O)c2cccnc2NC2CC2)c1C. The van der Waals surface area contributed by atoms with Crippen LogP contribution in [0.3, 0.4) is 0 Å². The van der Waals surface area contributed by atoms with E-state index in [4.69, 9.17) is 0 Å². The van der Waals surface area contributed by atoms with Gasteiger partial charge in [0.1, 0.15) is 5.82 Å². The molecule has 0 atom stereocenters. The maximum absolute atomic E-state index is 12.5. The summed E-state index contributed by atoms with van der Waals surface area (Å²) < 4.78 is 0. The third kappa shape index (κ3) is 3.05. The summed E-state index contributed by atoms with van der Waals surface area (Å²) in [5, 5.41) is 6.29. The van der Waals surface area contributed by atoms with Gasteiger partial charge in [0.25, 0.3) is 5.91 Å². The number of anilines is 2. The van der Waals surface area contributed by atoms with Crippen LogP contribution < -0.4 is 10.6 Å². The van der Waals surface area contributed by atoms with Crippen molar-refractivity contribution in [3.05, 3.63) is 53.2 Å². The first kappa shape index (κ1) is 13.6. The second-order valence-electron chi connectivity index (χ2n) is 5.52. The largest absolute Gasteiger partial charge is 0.367 e. The van der Waals surface area contributed by atoms with E-state index in [-0.39, 0.29) is 5.91 Å². The number of aromatic nitrogens is 1. The lowest BCUT2D eigenvalue weighted by Gasteiger charge is -2.13. The van der Waals surface area contributed by atoms with E-state index < -0.39 is 0 Å². The number of carbonyl (C=O) groups excluding carboxylic acids is 1. The van der Waals surface area contributed by atoms with Crippen LogP contribution in [0.4, 0.5) is 11.5 Å². The zero-order chi connectivity index (χ0) is 14.8. The molecule has 2 aromatic rings. The molecule has 2 N–H and O–H groups in total. The van der Waals surface area contributed by atoms with Crippen molar-refractivity contribution in [2.75, 3.05) is 10.6 Å². The number of carbonyl (C=O) groups is 1. The van der Waals surface area contributed by atoms with Crippen molar-refractivity contribution < 1.29 is 4.79 Å². The number of hydrogen-bond acceptors (Lipinski definition) is 3. The molecule has 1 amide bonds. The van der Waals surface area contributed by atoms with Crippen molar-refractivity contribution in [2.24, 2.45) is 0 Å². The van der Waals surface area contributed by atoms with Crippen LogP contribution in [0, 0.1) is 13.8 Å². The van der Waals surface area contributed by atoms with Crippen molar-refractivity contribution in [1.82, 2.24) is 4.98 Å². The molecule has 0 saturated heterocycles. The van der Waals surface area contributed by atoms with Crippen LogP contribution in [0.25, 0.3) is 0 Å². The second-order valence-corrected chi connectivity index (χ2v) is 5.52. The molecule has 4 nitrogen and oxygen atoms in total. The maximum atomic E-state index is 12.5. The van der Waals surface area contributed by atoms with Crippen LogP contribution >= 0.6 is 0 Å². The third-order valence-corrected chi connectivity index (χ3v) is 3.82. The lowest BCUT2D eigenvalue weighted by Crippen LogP contribution is -2.17. The van der Waals surface area contributed by atoms with Gasteiger partial charge in [0.05, 0.1) is 5.56 Å². The van der Waals surface area contributed by atoms with E-state index in [9.17, 15) is 4.79 Å². The van der Waals surface area contributed by atoms with Crippen LogP contribution in [0.1, 0.15) is 34.3 Å². The molecule has 1 heterocycles. The molecule has 0 bridgehead atoms. The number of rotatable bonds is 4. The number of amides is 1. The fourth-order valence-electron chi connectivity index (χ4n) is 2.20. The summed E-state index contributed by atoms with van der Waals surface area (Å²) in [6.45, 7) is 4.05. The van der Waals surface area contributed by atoms with Crippen molar-refractivity contribution in [3.63, 3.8) is 0 Å². The van der Waals surface area contributed by atoms with E-state index in [1.54, 1.807) is 18.3 Å². The van der Waals surface area contributed by atoms with Crippen LogP contribution in [0.5, 0.6) is 0 Å². The molecule has 0 aliphatic heterocycles. The fraction of sp³-hybridized carbons (Fsp3) is 0.294. The minimum atomic E-state index is -0.125. The summed E-state index contributed by atoms with van der Waals surface area (Å²) >= 11 is 0. The van der Waals surface area contributed by atoms with Crippen molar-refractivity contribution in [1.29, 1.82) is 0 Å². The van der Waals surface area contributed by atoms with Gasteiger partial charge >= 0.3 is 0 Å². The molecule has 1 aliphatic carbocycles. The van der Waals surface area contributed by atoms with Gasteiger partial charge < -0.3 is 10.6 Å². The first-order valence-electron chi connectivity index (χ1n) is 7.24. The van der Waals surface area contributed by atoms with Crippen molar-refractivity contribution in [3.8, 4) is 0 Å². The Labute approximate surface area is 124 Å². The molecule has 4 heteroatoms. The summed E-state index contributed by atoms with van der Waals surface area (Å²) in [5.41, 5.74) is 3.69. The molecular weight excluding hydrogens is 262 g/mol. The van der Waals surface area contributed by atoms with Gasteiger partial charge in [-0.15, -0.1) is 0 Å². The highest BCUT2D eigenvalue weighted by Crippen LogP contribution is 2.26. The Morgan fingerprint density at radius 2 is 2.00 bits per heavy atom. The Bertz CT molecular complexity index is 677. The highest BCUT2D eigenvalue weighted by atomic mass is 16.1. The van der Waals surface area contributed by atoms with Crippen LogP contribution in [0.15, 0.2) is 36.5 Å². The molecule has 21 heavy (non-hydrogen) atoms. The molecule has 1 aromatic heterocycles. The summed E-state index contributed by atoms with van der Waals surface area (Å²) in [7, 11) is 0. The molecule has 1 aliphatic rings. The molecule has 1 fully saturated rings. The number of nitrogens with one attached hydrogen (secondary N) is 2. The fourth-order valence-corrected chi connectivity index (χ4v) is 2.20. The maximum Gasteiger partial charge on any atom is 0.259 e. The number of hydrogen-bond donors (Lipinski definition) is 2. The molecule has 1 saturated carbocycles. The minimum absolute atomic E-state index is 0.125. The standard InChI is InChI=1S/C17H19N3O/c1-11-5-3-7-15(12(11)2)20-17(21)14-6-4-10-18-16(14)19-13-8-9-13/h3-7,10,13H,8-9H2,1-2H3,(H,18,19)(H,20,21). The van der Waals surface area contributed by atoms with Gasteiger partial charge in [0.2, 0.25) is 0 Å². The number of aryl methyl sites for hydroxylation is 1. The number of benzene rings is 1. The molecule has 108 valence electrons. The minimum Gasteiger partial charge on any atom is -0.367 e. The topological polar surface area (TPSA) is 54.0 Å². The molecule has 0 unspecified atom stereocenters. The first-order valence-corrected chi connectivity index (χ1v) is 7.24. The number of pyridine rings is 1. The highest BCUT2D eigenvalue weighted by Gasteiger charge is 2.24. The Hall–Kier alpha value is -2.36. The number of nitrogens with zero attached hydrogens (tertiary/aromatic N) is 1. The smallest absolute Gasteiger partial charge is 0.259 e. The quantitative estimate of drug-likeness (QED) is 0.901.